The minimum absolute atomic E-state index is 0.235. The molecule has 130 valence electrons. The minimum atomic E-state index is -0.235. The fourth-order valence-electron chi connectivity index (χ4n) is 2.70. The molecule has 3 rings (SSSR count). The molecule has 0 bridgehead atoms. The Labute approximate surface area is 145 Å². The molecular formula is C19H19NO5. The van der Waals surface area contributed by atoms with Gasteiger partial charge in [0.2, 0.25) is 0 Å². The zero-order valence-corrected chi connectivity index (χ0v) is 14.3. The lowest BCUT2D eigenvalue weighted by Crippen LogP contribution is -1.95. The number of methoxy groups -OCH3 is 3. The lowest BCUT2D eigenvalue weighted by molar-refractivity contribution is 0.281. The molecule has 0 fully saturated rings. The van der Waals surface area contributed by atoms with E-state index in [4.69, 9.17) is 18.7 Å². The molecule has 3 aromatic rings. The summed E-state index contributed by atoms with van der Waals surface area (Å²) in [4.78, 5) is 0. The summed E-state index contributed by atoms with van der Waals surface area (Å²) >= 11 is 0. The van der Waals surface area contributed by atoms with Crippen LogP contribution in [-0.2, 0) is 6.61 Å². The Balaban J connectivity index is 2.15. The number of aliphatic hydroxyl groups excluding tert-OH is 1. The molecule has 0 aliphatic carbocycles. The predicted molar refractivity (Wildman–Crippen MR) is 93.0 cm³/mol. The summed E-state index contributed by atoms with van der Waals surface area (Å²) in [6.45, 7) is -0.235. The molecule has 0 atom stereocenters. The van der Waals surface area contributed by atoms with Gasteiger partial charge >= 0.3 is 0 Å². The molecule has 2 aromatic carbocycles. The number of hydrogen-bond acceptors (Lipinski definition) is 6. The first-order valence-corrected chi connectivity index (χ1v) is 7.68. The second-order valence-corrected chi connectivity index (χ2v) is 5.26. The molecule has 1 N–H and O–H groups in total. The van der Waals surface area contributed by atoms with Crippen LogP contribution in [-0.4, -0.2) is 31.6 Å². The van der Waals surface area contributed by atoms with Gasteiger partial charge in [0.25, 0.3) is 0 Å². The largest absolute Gasteiger partial charge is 0.497 e. The number of aromatic nitrogens is 1. The highest BCUT2D eigenvalue weighted by Gasteiger charge is 2.24. The van der Waals surface area contributed by atoms with Gasteiger partial charge in [-0.1, -0.05) is 11.2 Å². The third kappa shape index (κ3) is 3.04. The van der Waals surface area contributed by atoms with Gasteiger partial charge in [-0.2, -0.15) is 0 Å². The molecule has 0 radical (unpaired) electrons. The lowest BCUT2D eigenvalue weighted by Gasteiger charge is -2.11. The van der Waals surface area contributed by atoms with Crippen LogP contribution in [0, 0.1) is 0 Å². The average Bonchev–Trinajstić information content (AvgIpc) is 3.10. The lowest BCUT2D eigenvalue weighted by atomic mass is 10.0. The molecule has 6 heteroatoms. The van der Waals surface area contributed by atoms with E-state index in [-0.39, 0.29) is 6.61 Å². The van der Waals surface area contributed by atoms with Crippen LogP contribution >= 0.6 is 0 Å². The molecule has 1 aromatic heterocycles. The Hall–Kier alpha value is -2.99. The van der Waals surface area contributed by atoms with Gasteiger partial charge in [-0.15, -0.1) is 0 Å². The SMILES string of the molecule is COc1ccc(-c2noc(-c3c(OC)cccc3OC)c2CO)cc1. The number of hydrogen-bond donors (Lipinski definition) is 1. The first-order chi connectivity index (χ1) is 12.2. The van der Waals surface area contributed by atoms with Crippen molar-refractivity contribution in [3.05, 3.63) is 48.0 Å². The molecule has 6 nitrogen and oxygen atoms in total. The van der Waals surface area contributed by atoms with Gasteiger partial charge in [-0.3, -0.25) is 0 Å². The topological polar surface area (TPSA) is 74.0 Å². The first kappa shape index (κ1) is 16.9. The Bertz CT molecular complexity index is 833. The Morgan fingerprint density at radius 3 is 2.08 bits per heavy atom. The van der Waals surface area contributed by atoms with Crippen LogP contribution in [0.4, 0.5) is 0 Å². The van der Waals surface area contributed by atoms with E-state index in [1.54, 1.807) is 33.5 Å². The molecule has 0 aliphatic rings. The molecular weight excluding hydrogens is 322 g/mol. The number of benzene rings is 2. The van der Waals surface area contributed by atoms with Crippen molar-refractivity contribution >= 4 is 0 Å². The number of rotatable bonds is 6. The van der Waals surface area contributed by atoms with E-state index in [2.05, 4.69) is 5.16 Å². The Morgan fingerprint density at radius 1 is 0.920 bits per heavy atom. The molecule has 0 saturated carbocycles. The van der Waals surface area contributed by atoms with Crippen LogP contribution in [0.1, 0.15) is 5.56 Å². The fraction of sp³-hybridized carbons (Fsp3) is 0.211. The van der Waals surface area contributed by atoms with Crippen molar-refractivity contribution in [1.82, 2.24) is 5.16 Å². The van der Waals surface area contributed by atoms with Crippen molar-refractivity contribution in [3.63, 3.8) is 0 Å². The molecule has 0 aliphatic heterocycles. The van der Waals surface area contributed by atoms with Crippen LogP contribution in [0.25, 0.3) is 22.6 Å². The van der Waals surface area contributed by atoms with Crippen LogP contribution in [0.2, 0.25) is 0 Å². The van der Waals surface area contributed by atoms with Gasteiger partial charge in [-0.25, -0.2) is 0 Å². The van der Waals surface area contributed by atoms with E-state index >= 15 is 0 Å². The number of ether oxygens (including phenoxy) is 3. The van der Waals surface area contributed by atoms with E-state index < -0.39 is 0 Å². The maximum atomic E-state index is 9.93. The Morgan fingerprint density at radius 2 is 1.56 bits per heavy atom. The van der Waals surface area contributed by atoms with Crippen molar-refractivity contribution in [1.29, 1.82) is 0 Å². The van der Waals surface area contributed by atoms with E-state index in [1.807, 2.05) is 30.3 Å². The monoisotopic (exact) mass is 341 g/mol. The van der Waals surface area contributed by atoms with Gasteiger partial charge in [0.15, 0.2) is 5.76 Å². The smallest absolute Gasteiger partial charge is 0.180 e. The van der Waals surface area contributed by atoms with Crippen LogP contribution in [0.3, 0.4) is 0 Å². The summed E-state index contributed by atoms with van der Waals surface area (Å²) in [6, 6.07) is 12.8. The maximum Gasteiger partial charge on any atom is 0.180 e. The number of aliphatic hydroxyl groups is 1. The molecule has 1 heterocycles. The van der Waals surface area contributed by atoms with Crippen LogP contribution in [0.15, 0.2) is 47.0 Å². The maximum absolute atomic E-state index is 9.93. The molecule has 0 amide bonds. The first-order valence-electron chi connectivity index (χ1n) is 7.68. The third-order valence-electron chi connectivity index (χ3n) is 3.96. The van der Waals surface area contributed by atoms with Gasteiger partial charge in [-0.05, 0) is 36.4 Å². The van der Waals surface area contributed by atoms with Crippen LogP contribution in [0.5, 0.6) is 17.2 Å². The van der Waals surface area contributed by atoms with Gasteiger partial charge in [0.05, 0.1) is 33.5 Å². The highest BCUT2D eigenvalue weighted by Crippen LogP contribution is 2.42. The summed E-state index contributed by atoms with van der Waals surface area (Å²) < 4.78 is 21.6. The van der Waals surface area contributed by atoms with Gasteiger partial charge < -0.3 is 23.8 Å². The summed E-state index contributed by atoms with van der Waals surface area (Å²) in [5, 5.41) is 14.1. The van der Waals surface area contributed by atoms with Crippen molar-refractivity contribution in [2.24, 2.45) is 0 Å². The van der Waals surface area contributed by atoms with Gasteiger partial charge in [0, 0.05) is 5.56 Å². The average molecular weight is 341 g/mol. The molecule has 0 unspecified atom stereocenters. The highest BCUT2D eigenvalue weighted by atomic mass is 16.5. The van der Waals surface area contributed by atoms with E-state index in [0.29, 0.717) is 34.1 Å². The number of nitrogens with zero attached hydrogens (tertiary/aromatic N) is 1. The van der Waals surface area contributed by atoms with Crippen molar-refractivity contribution < 1.29 is 23.8 Å². The standard InChI is InChI=1S/C19H19NO5/c1-22-13-9-7-12(8-10-13)18-14(11-21)19(25-20-18)17-15(23-2)5-4-6-16(17)24-3/h4-10,21H,11H2,1-3H3. The second kappa shape index (κ2) is 7.27. The summed E-state index contributed by atoms with van der Waals surface area (Å²) in [6.07, 6.45) is 0. The zero-order valence-electron chi connectivity index (χ0n) is 14.3. The summed E-state index contributed by atoms with van der Waals surface area (Å²) in [5.41, 5.74) is 2.55. The normalized spacial score (nSPS) is 10.6. The third-order valence-corrected chi connectivity index (χ3v) is 3.96. The van der Waals surface area contributed by atoms with Crippen LogP contribution < -0.4 is 14.2 Å². The predicted octanol–water partition coefficient (Wildman–Crippen LogP) is 3.53. The minimum Gasteiger partial charge on any atom is -0.497 e. The van der Waals surface area contributed by atoms with Crippen molar-refractivity contribution in [2.45, 2.75) is 6.61 Å². The van der Waals surface area contributed by atoms with E-state index in [9.17, 15) is 5.11 Å². The molecule has 0 saturated heterocycles. The zero-order chi connectivity index (χ0) is 17.8. The fourth-order valence-corrected chi connectivity index (χ4v) is 2.70. The molecule has 0 spiro atoms. The van der Waals surface area contributed by atoms with E-state index in [1.165, 1.54) is 0 Å². The molecule has 25 heavy (non-hydrogen) atoms. The summed E-state index contributed by atoms with van der Waals surface area (Å²) in [7, 11) is 4.74. The van der Waals surface area contributed by atoms with E-state index in [0.717, 1.165) is 11.3 Å². The summed E-state index contributed by atoms with van der Waals surface area (Å²) in [5.74, 6) is 2.31. The van der Waals surface area contributed by atoms with Crippen molar-refractivity contribution in [2.75, 3.05) is 21.3 Å². The Kier molecular flexibility index (Phi) is 4.90. The quantitative estimate of drug-likeness (QED) is 0.739. The van der Waals surface area contributed by atoms with Crippen molar-refractivity contribution in [3.8, 4) is 39.8 Å². The van der Waals surface area contributed by atoms with Gasteiger partial charge in [0.1, 0.15) is 28.5 Å². The second-order valence-electron chi connectivity index (χ2n) is 5.26. The highest BCUT2D eigenvalue weighted by molar-refractivity contribution is 5.79.